The van der Waals surface area contributed by atoms with Crippen molar-refractivity contribution in [2.75, 3.05) is 11.5 Å². The topological polar surface area (TPSA) is 38.3 Å². The standard InChI is InChI=1S/C12H15F2NO2S2/c1-7-6-9(17-12(13)14)10(19-7)11(16)15-8-2-4-18-5-3-8/h6,8,12H,2-5H2,1H3,(H,15,16). The molecule has 19 heavy (non-hydrogen) atoms. The Balaban J connectivity index is 2.05. The maximum atomic E-state index is 12.3. The second-order valence-electron chi connectivity index (χ2n) is 4.29. The van der Waals surface area contributed by atoms with Crippen molar-refractivity contribution in [2.24, 2.45) is 0 Å². The Labute approximate surface area is 118 Å². The SMILES string of the molecule is Cc1cc(OC(F)F)c(C(=O)NC2CCSCC2)s1. The molecule has 1 aliphatic heterocycles. The van der Waals surface area contributed by atoms with Crippen molar-refractivity contribution in [1.82, 2.24) is 5.32 Å². The average molecular weight is 307 g/mol. The average Bonchev–Trinajstić information content (AvgIpc) is 2.70. The van der Waals surface area contributed by atoms with Crippen molar-refractivity contribution in [3.8, 4) is 5.75 Å². The summed E-state index contributed by atoms with van der Waals surface area (Å²) < 4.78 is 28.9. The molecule has 7 heteroatoms. The summed E-state index contributed by atoms with van der Waals surface area (Å²) in [5, 5.41) is 2.90. The minimum atomic E-state index is -2.91. The van der Waals surface area contributed by atoms with Gasteiger partial charge in [0.25, 0.3) is 5.91 Å². The van der Waals surface area contributed by atoms with Gasteiger partial charge >= 0.3 is 6.61 Å². The van der Waals surface area contributed by atoms with Crippen LogP contribution in [0.2, 0.25) is 0 Å². The lowest BCUT2D eigenvalue weighted by Crippen LogP contribution is -2.37. The van der Waals surface area contributed by atoms with E-state index in [2.05, 4.69) is 10.1 Å². The Bertz CT molecular complexity index is 445. The number of ether oxygens (including phenoxy) is 1. The molecule has 106 valence electrons. The van der Waals surface area contributed by atoms with Gasteiger partial charge in [0.1, 0.15) is 10.6 Å². The number of nitrogens with one attached hydrogen (secondary N) is 1. The van der Waals surface area contributed by atoms with Gasteiger partial charge in [-0.15, -0.1) is 11.3 Å². The molecule has 2 rings (SSSR count). The molecule has 0 atom stereocenters. The first-order valence-electron chi connectivity index (χ1n) is 6.00. The zero-order valence-electron chi connectivity index (χ0n) is 10.4. The third kappa shape index (κ3) is 4.07. The number of carbonyl (C=O) groups is 1. The van der Waals surface area contributed by atoms with E-state index >= 15 is 0 Å². The van der Waals surface area contributed by atoms with E-state index in [1.807, 2.05) is 11.8 Å². The van der Waals surface area contributed by atoms with Gasteiger partial charge in [-0.3, -0.25) is 4.79 Å². The molecular formula is C12H15F2NO2S2. The number of rotatable bonds is 4. The second-order valence-corrected chi connectivity index (χ2v) is 6.77. The van der Waals surface area contributed by atoms with Crippen LogP contribution < -0.4 is 10.1 Å². The fourth-order valence-corrected chi connectivity index (χ4v) is 3.88. The van der Waals surface area contributed by atoms with Crippen LogP contribution in [0.4, 0.5) is 8.78 Å². The lowest BCUT2D eigenvalue weighted by molar-refractivity contribution is -0.0498. The summed E-state index contributed by atoms with van der Waals surface area (Å²) in [6.45, 7) is -1.15. The quantitative estimate of drug-likeness (QED) is 0.927. The molecular weight excluding hydrogens is 292 g/mol. The zero-order valence-corrected chi connectivity index (χ0v) is 12.1. The molecule has 1 fully saturated rings. The van der Waals surface area contributed by atoms with Crippen LogP contribution in [0.1, 0.15) is 27.4 Å². The molecule has 0 unspecified atom stereocenters. The Morgan fingerprint density at radius 2 is 2.16 bits per heavy atom. The Morgan fingerprint density at radius 1 is 1.47 bits per heavy atom. The van der Waals surface area contributed by atoms with E-state index in [1.54, 1.807) is 6.92 Å². The van der Waals surface area contributed by atoms with Gasteiger partial charge in [0.15, 0.2) is 0 Å². The van der Waals surface area contributed by atoms with E-state index in [4.69, 9.17) is 0 Å². The molecule has 1 saturated heterocycles. The molecule has 0 spiro atoms. The van der Waals surface area contributed by atoms with Crippen LogP contribution in [0.3, 0.4) is 0 Å². The predicted molar refractivity (Wildman–Crippen MR) is 73.5 cm³/mol. The summed E-state index contributed by atoms with van der Waals surface area (Å²) in [5.74, 6) is 1.70. The molecule has 1 N–H and O–H groups in total. The first kappa shape index (κ1) is 14.6. The zero-order chi connectivity index (χ0) is 13.8. The van der Waals surface area contributed by atoms with E-state index in [0.717, 1.165) is 29.2 Å². The fraction of sp³-hybridized carbons (Fsp3) is 0.583. The van der Waals surface area contributed by atoms with E-state index < -0.39 is 6.61 Å². The number of amides is 1. The highest BCUT2D eigenvalue weighted by Crippen LogP contribution is 2.30. The number of aryl methyl sites for hydroxylation is 1. The third-order valence-corrected chi connectivity index (χ3v) is 4.88. The molecule has 0 saturated carbocycles. The number of hydrogen-bond acceptors (Lipinski definition) is 4. The summed E-state index contributed by atoms with van der Waals surface area (Å²) in [7, 11) is 0. The summed E-state index contributed by atoms with van der Waals surface area (Å²) in [4.78, 5) is 13.1. The van der Waals surface area contributed by atoms with Crippen molar-refractivity contribution >= 4 is 29.0 Å². The summed E-state index contributed by atoms with van der Waals surface area (Å²) >= 11 is 3.04. The van der Waals surface area contributed by atoms with Crippen molar-refractivity contribution < 1.29 is 18.3 Å². The lowest BCUT2D eigenvalue weighted by atomic mass is 10.1. The van der Waals surface area contributed by atoms with Gasteiger partial charge in [0.2, 0.25) is 0 Å². The number of thioether (sulfide) groups is 1. The van der Waals surface area contributed by atoms with Gasteiger partial charge in [-0.1, -0.05) is 0 Å². The first-order chi connectivity index (χ1) is 9.06. The van der Waals surface area contributed by atoms with Crippen molar-refractivity contribution in [3.63, 3.8) is 0 Å². The Hall–Kier alpha value is -0.820. The second kappa shape index (κ2) is 6.56. The van der Waals surface area contributed by atoms with E-state index in [-0.39, 0.29) is 22.6 Å². The maximum absolute atomic E-state index is 12.3. The predicted octanol–water partition coefficient (Wildman–Crippen LogP) is 3.28. The van der Waals surface area contributed by atoms with Gasteiger partial charge in [0, 0.05) is 10.9 Å². The minimum absolute atomic E-state index is 0.0276. The van der Waals surface area contributed by atoms with Crippen LogP contribution in [-0.4, -0.2) is 30.1 Å². The third-order valence-electron chi connectivity index (χ3n) is 2.80. The van der Waals surface area contributed by atoms with Gasteiger partial charge in [-0.05, 0) is 37.3 Å². The lowest BCUT2D eigenvalue weighted by Gasteiger charge is -2.22. The Kier molecular flexibility index (Phi) is 5.04. The van der Waals surface area contributed by atoms with E-state index in [0.29, 0.717) is 0 Å². The number of carbonyl (C=O) groups excluding carboxylic acids is 1. The van der Waals surface area contributed by atoms with Crippen molar-refractivity contribution in [3.05, 3.63) is 15.8 Å². The molecule has 2 heterocycles. The van der Waals surface area contributed by atoms with E-state index in [9.17, 15) is 13.6 Å². The molecule has 0 radical (unpaired) electrons. The largest absolute Gasteiger partial charge is 0.433 e. The van der Waals surface area contributed by atoms with Crippen LogP contribution in [-0.2, 0) is 0 Å². The maximum Gasteiger partial charge on any atom is 0.387 e. The smallest absolute Gasteiger partial charge is 0.387 e. The number of halogens is 2. The molecule has 0 aliphatic carbocycles. The summed E-state index contributed by atoms with van der Waals surface area (Å²) in [6.07, 6.45) is 1.84. The number of thiophene rings is 1. The molecule has 3 nitrogen and oxygen atoms in total. The van der Waals surface area contributed by atoms with Gasteiger partial charge in [0.05, 0.1) is 0 Å². The van der Waals surface area contributed by atoms with Crippen molar-refractivity contribution in [2.45, 2.75) is 32.4 Å². The van der Waals surface area contributed by atoms with Crippen LogP contribution in [0.25, 0.3) is 0 Å². The highest BCUT2D eigenvalue weighted by atomic mass is 32.2. The van der Waals surface area contributed by atoms with Gasteiger partial charge in [-0.2, -0.15) is 20.5 Å². The molecule has 0 aromatic carbocycles. The molecule has 1 aromatic heterocycles. The first-order valence-corrected chi connectivity index (χ1v) is 7.97. The highest BCUT2D eigenvalue weighted by molar-refractivity contribution is 7.99. The van der Waals surface area contributed by atoms with Crippen molar-refractivity contribution in [1.29, 1.82) is 0 Å². The molecule has 1 amide bonds. The number of hydrogen-bond donors (Lipinski definition) is 1. The molecule has 1 aromatic rings. The molecule has 0 bridgehead atoms. The summed E-state index contributed by atoms with van der Waals surface area (Å²) in [5.41, 5.74) is 0. The fourth-order valence-electron chi connectivity index (χ4n) is 1.93. The van der Waals surface area contributed by atoms with Gasteiger partial charge < -0.3 is 10.1 Å². The monoisotopic (exact) mass is 307 g/mol. The normalized spacial score (nSPS) is 16.6. The molecule has 1 aliphatic rings. The van der Waals surface area contributed by atoms with E-state index in [1.165, 1.54) is 17.4 Å². The minimum Gasteiger partial charge on any atom is -0.433 e. The van der Waals surface area contributed by atoms with Crippen LogP contribution in [0.15, 0.2) is 6.07 Å². The van der Waals surface area contributed by atoms with Gasteiger partial charge in [-0.25, -0.2) is 0 Å². The van der Waals surface area contributed by atoms with Crippen LogP contribution >= 0.6 is 23.1 Å². The summed E-state index contributed by atoms with van der Waals surface area (Å²) in [6, 6.07) is 1.61. The van der Waals surface area contributed by atoms with Crippen LogP contribution in [0, 0.1) is 6.92 Å². The van der Waals surface area contributed by atoms with Crippen LogP contribution in [0.5, 0.6) is 5.75 Å². The number of alkyl halides is 2. The highest BCUT2D eigenvalue weighted by Gasteiger charge is 2.22. The Morgan fingerprint density at radius 3 is 2.79 bits per heavy atom.